The van der Waals surface area contributed by atoms with E-state index >= 15 is 0 Å². The largest absolute Gasteiger partial charge is 0.376 e. The molecule has 1 aliphatic rings. The van der Waals surface area contributed by atoms with Crippen molar-refractivity contribution in [2.24, 2.45) is 10.9 Å². The van der Waals surface area contributed by atoms with Crippen LogP contribution in [0, 0.1) is 5.92 Å². The fourth-order valence-corrected chi connectivity index (χ4v) is 2.99. The van der Waals surface area contributed by atoms with Gasteiger partial charge in [0.1, 0.15) is 0 Å². The molecule has 1 N–H and O–H groups in total. The average molecular weight is 317 g/mol. The Morgan fingerprint density at radius 2 is 2.13 bits per heavy atom. The van der Waals surface area contributed by atoms with Crippen molar-refractivity contribution in [3.63, 3.8) is 0 Å². The van der Waals surface area contributed by atoms with Crippen molar-refractivity contribution < 1.29 is 4.74 Å². The van der Waals surface area contributed by atoms with E-state index in [9.17, 15) is 0 Å². The van der Waals surface area contributed by atoms with Crippen molar-refractivity contribution in [2.75, 3.05) is 33.3 Å². The number of benzene rings is 1. The predicted molar refractivity (Wildman–Crippen MR) is 96.7 cm³/mol. The van der Waals surface area contributed by atoms with Gasteiger partial charge in [0.2, 0.25) is 0 Å². The van der Waals surface area contributed by atoms with Crippen LogP contribution in [0.3, 0.4) is 0 Å². The molecule has 4 heteroatoms. The van der Waals surface area contributed by atoms with Gasteiger partial charge in [-0.3, -0.25) is 4.99 Å². The van der Waals surface area contributed by atoms with Crippen molar-refractivity contribution in [1.82, 2.24) is 10.2 Å². The number of nitrogens with zero attached hydrogens (tertiary/aromatic N) is 2. The lowest BCUT2D eigenvalue weighted by molar-refractivity contribution is 0.0907. The average Bonchev–Trinajstić information content (AvgIpc) is 3.05. The first-order valence-electron chi connectivity index (χ1n) is 8.90. The minimum absolute atomic E-state index is 0.605. The summed E-state index contributed by atoms with van der Waals surface area (Å²) in [4.78, 5) is 6.78. The van der Waals surface area contributed by atoms with Crippen LogP contribution in [0.5, 0.6) is 0 Å². The van der Waals surface area contributed by atoms with E-state index in [4.69, 9.17) is 4.74 Å². The molecule has 1 heterocycles. The van der Waals surface area contributed by atoms with Crippen molar-refractivity contribution in [3.05, 3.63) is 35.9 Å². The summed E-state index contributed by atoms with van der Waals surface area (Å²) in [6.45, 7) is 6.91. The highest BCUT2D eigenvalue weighted by atomic mass is 16.5. The maximum absolute atomic E-state index is 5.89. The summed E-state index contributed by atoms with van der Waals surface area (Å²) in [5.74, 6) is 1.65. The van der Waals surface area contributed by atoms with Crippen molar-refractivity contribution in [3.8, 4) is 0 Å². The van der Waals surface area contributed by atoms with Crippen LogP contribution >= 0.6 is 0 Å². The van der Waals surface area contributed by atoms with Crippen LogP contribution in [0.4, 0.5) is 0 Å². The van der Waals surface area contributed by atoms with Crippen LogP contribution in [0.1, 0.15) is 38.2 Å². The monoisotopic (exact) mass is 317 g/mol. The SMILES string of the molecule is CCCCCNC(=NC)N1CCC(COCc2ccccc2)C1. The van der Waals surface area contributed by atoms with E-state index in [1.807, 2.05) is 13.1 Å². The molecule has 2 rings (SSSR count). The maximum Gasteiger partial charge on any atom is 0.193 e. The number of nitrogens with one attached hydrogen (secondary N) is 1. The van der Waals surface area contributed by atoms with Crippen LogP contribution in [0.15, 0.2) is 35.3 Å². The summed E-state index contributed by atoms with van der Waals surface area (Å²) in [6, 6.07) is 10.4. The number of unbranched alkanes of at least 4 members (excludes halogenated alkanes) is 2. The first-order valence-corrected chi connectivity index (χ1v) is 8.90. The number of ether oxygens (including phenoxy) is 1. The van der Waals surface area contributed by atoms with Gasteiger partial charge in [-0.15, -0.1) is 0 Å². The van der Waals surface area contributed by atoms with Gasteiger partial charge in [0, 0.05) is 32.6 Å². The van der Waals surface area contributed by atoms with Crippen LogP contribution in [-0.4, -0.2) is 44.1 Å². The van der Waals surface area contributed by atoms with Crippen LogP contribution in [-0.2, 0) is 11.3 Å². The van der Waals surface area contributed by atoms with Gasteiger partial charge in [-0.2, -0.15) is 0 Å². The van der Waals surface area contributed by atoms with Crippen molar-refractivity contribution in [2.45, 2.75) is 39.2 Å². The van der Waals surface area contributed by atoms with E-state index in [0.29, 0.717) is 12.5 Å². The van der Waals surface area contributed by atoms with E-state index in [1.165, 1.54) is 31.2 Å². The van der Waals surface area contributed by atoms with E-state index < -0.39 is 0 Å². The van der Waals surface area contributed by atoms with Crippen LogP contribution in [0.2, 0.25) is 0 Å². The molecule has 0 aromatic heterocycles. The molecule has 4 nitrogen and oxygen atoms in total. The molecule has 1 aromatic rings. The number of hydrogen-bond donors (Lipinski definition) is 1. The number of hydrogen-bond acceptors (Lipinski definition) is 2. The molecule has 0 radical (unpaired) electrons. The van der Waals surface area contributed by atoms with Gasteiger partial charge in [0.25, 0.3) is 0 Å². The number of guanidine groups is 1. The Labute approximate surface area is 140 Å². The summed E-state index contributed by atoms with van der Waals surface area (Å²) in [5, 5.41) is 3.48. The Balaban J connectivity index is 1.66. The summed E-state index contributed by atoms with van der Waals surface area (Å²) in [7, 11) is 1.88. The standard InChI is InChI=1S/C19H31N3O/c1-3-4-8-12-21-19(20-2)22-13-11-18(14-22)16-23-15-17-9-6-5-7-10-17/h5-7,9-10,18H,3-4,8,11-16H2,1-2H3,(H,20,21). The quantitative estimate of drug-likeness (QED) is 0.454. The van der Waals surface area contributed by atoms with Gasteiger partial charge in [-0.1, -0.05) is 50.1 Å². The summed E-state index contributed by atoms with van der Waals surface area (Å²) < 4.78 is 5.89. The lowest BCUT2D eigenvalue weighted by atomic mass is 10.1. The Hall–Kier alpha value is -1.55. The predicted octanol–water partition coefficient (Wildman–Crippen LogP) is 3.29. The van der Waals surface area contributed by atoms with Crippen molar-refractivity contribution >= 4 is 5.96 Å². The highest BCUT2D eigenvalue weighted by molar-refractivity contribution is 5.80. The third-order valence-electron chi connectivity index (χ3n) is 4.33. The van der Waals surface area contributed by atoms with Gasteiger partial charge in [-0.05, 0) is 18.4 Å². The third-order valence-corrected chi connectivity index (χ3v) is 4.33. The molecule has 128 valence electrons. The zero-order valence-electron chi connectivity index (χ0n) is 14.6. The zero-order chi connectivity index (χ0) is 16.3. The molecule has 1 unspecified atom stereocenters. The Morgan fingerprint density at radius 1 is 1.30 bits per heavy atom. The number of likely N-dealkylation sites (tertiary alicyclic amines) is 1. The molecule has 0 bridgehead atoms. The summed E-state index contributed by atoms with van der Waals surface area (Å²) >= 11 is 0. The first kappa shape index (κ1) is 17.8. The first-order chi connectivity index (χ1) is 11.3. The normalized spacial score (nSPS) is 18.4. The van der Waals surface area contributed by atoms with Gasteiger partial charge in [0.15, 0.2) is 5.96 Å². The van der Waals surface area contributed by atoms with Gasteiger partial charge < -0.3 is 15.0 Å². The molecule has 0 aliphatic carbocycles. The highest BCUT2D eigenvalue weighted by Crippen LogP contribution is 2.17. The van der Waals surface area contributed by atoms with Gasteiger partial charge in [-0.25, -0.2) is 0 Å². The second-order valence-electron chi connectivity index (χ2n) is 6.28. The fourth-order valence-electron chi connectivity index (χ4n) is 2.99. The fraction of sp³-hybridized carbons (Fsp3) is 0.632. The van der Waals surface area contributed by atoms with E-state index in [-0.39, 0.29) is 0 Å². The summed E-state index contributed by atoms with van der Waals surface area (Å²) in [6.07, 6.45) is 4.93. The molecule has 1 fully saturated rings. The molecule has 1 saturated heterocycles. The second-order valence-corrected chi connectivity index (χ2v) is 6.28. The second kappa shape index (κ2) is 10.3. The topological polar surface area (TPSA) is 36.9 Å². The lowest BCUT2D eigenvalue weighted by Crippen LogP contribution is -2.40. The molecular weight excluding hydrogens is 286 g/mol. The smallest absolute Gasteiger partial charge is 0.193 e. The molecule has 1 aliphatic heterocycles. The Morgan fingerprint density at radius 3 is 2.87 bits per heavy atom. The molecule has 1 aromatic carbocycles. The molecular formula is C19H31N3O. The Kier molecular flexibility index (Phi) is 7.95. The van der Waals surface area contributed by atoms with Crippen molar-refractivity contribution in [1.29, 1.82) is 0 Å². The summed E-state index contributed by atoms with van der Waals surface area (Å²) in [5.41, 5.74) is 1.25. The van der Waals surface area contributed by atoms with E-state index in [1.54, 1.807) is 0 Å². The molecule has 0 spiro atoms. The number of rotatable bonds is 8. The van der Waals surface area contributed by atoms with E-state index in [0.717, 1.165) is 32.2 Å². The third kappa shape index (κ3) is 6.22. The lowest BCUT2D eigenvalue weighted by Gasteiger charge is -2.21. The Bertz CT molecular complexity index is 461. The van der Waals surface area contributed by atoms with Crippen LogP contribution in [0.25, 0.3) is 0 Å². The number of aliphatic imine (C=N–C) groups is 1. The van der Waals surface area contributed by atoms with Crippen LogP contribution < -0.4 is 5.32 Å². The minimum Gasteiger partial charge on any atom is -0.376 e. The van der Waals surface area contributed by atoms with Gasteiger partial charge in [0.05, 0.1) is 13.2 Å². The highest BCUT2D eigenvalue weighted by Gasteiger charge is 2.24. The molecule has 0 saturated carbocycles. The minimum atomic E-state index is 0.605. The van der Waals surface area contributed by atoms with Gasteiger partial charge >= 0.3 is 0 Å². The van der Waals surface area contributed by atoms with E-state index in [2.05, 4.69) is 46.4 Å². The maximum atomic E-state index is 5.89. The molecule has 0 amide bonds. The molecule has 23 heavy (non-hydrogen) atoms. The molecule has 1 atom stereocenters. The zero-order valence-corrected chi connectivity index (χ0v) is 14.6.